The van der Waals surface area contributed by atoms with E-state index in [1.165, 1.54) is 6.07 Å². The molecule has 1 saturated heterocycles. The van der Waals surface area contributed by atoms with E-state index < -0.39 is 6.10 Å². The minimum Gasteiger partial charge on any atom is -0.506 e. The van der Waals surface area contributed by atoms with Crippen molar-refractivity contribution in [1.82, 2.24) is 5.32 Å². The molecule has 2 unspecified atom stereocenters. The van der Waals surface area contributed by atoms with Crippen molar-refractivity contribution in [3.63, 3.8) is 0 Å². The van der Waals surface area contributed by atoms with Gasteiger partial charge in [-0.2, -0.15) is 0 Å². The van der Waals surface area contributed by atoms with E-state index in [1.54, 1.807) is 12.1 Å². The monoisotopic (exact) mass is 208 g/mol. The largest absolute Gasteiger partial charge is 0.506 e. The molecule has 0 amide bonds. The van der Waals surface area contributed by atoms with Gasteiger partial charge in [-0.15, -0.1) is 0 Å². The van der Waals surface area contributed by atoms with Crippen LogP contribution in [0.1, 0.15) is 18.1 Å². The molecule has 1 aromatic rings. The van der Waals surface area contributed by atoms with Gasteiger partial charge in [0.15, 0.2) is 0 Å². The number of hydrogen-bond donors (Lipinski definition) is 4. The summed E-state index contributed by atoms with van der Waals surface area (Å²) in [4.78, 5) is 0. The number of aliphatic hydroxyl groups excluding tert-OH is 1. The van der Waals surface area contributed by atoms with Gasteiger partial charge in [-0.25, -0.2) is 0 Å². The number of anilines is 1. The third kappa shape index (κ3) is 1.91. The van der Waals surface area contributed by atoms with Crippen molar-refractivity contribution in [3.8, 4) is 5.75 Å². The molecule has 0 aliphatic carbocycles. The van der Waals surface area contributed by atoms with Crippen molar-refractivity contribution in [3.05, 3.63) is 23.8 Å². The molecule has 4 nitrogen and oxygen atoms in total. The van der Waals surface area contributed by atoms with Crippen LogP contribution >= 0.6 is 0 Å². The number of aromatic hydroxyl groups is 1. The predicted molar refractivity (Wildman–Crippen MR) is 58.5 cm³/mol. The van der Waals surface area contributed by atoms with Crippen LogP contribution in [-0.4, -0.2) is 23.3 Å². The maximum absolute atomic E-state index is 10.1. The molecule has 2 rings (SSSR count). The summed E-state index contributed by atoms with van der Waals surface area (Å²) in [7, 11) is 0. The third-order valence-electron chi connectivity index (χ3n) is 2.98. The highest BCUT2D eigenvalue weighted by Crippen LogP contribution is 2.34. The van der Waals surface area contributed by atoms with Crippen molar-refractivity contribution in [2.24, 2.45) is 5.92 Å². The summed E-state index contributed by atoms with van der Waals surface area (Å²) in [6.45, 7) is 1.73. The summed E-state index contributed by atoms with van der Waals surface area (Å²) in [5.41, 5.74) is 6.64. The first kappa shape index (κ1) is 10.3. The van der Waals surface area contributed by atoms with E-state index in [1.807, 2.05) is 0 Å². The summed E-state index contributed by atoms with van der Waals surface area (Å²) < 4.78 is 0. The lowest BCUT2D eigenvalue weighted by molar-refractivity contribution is 0.119. The average molecular weight is 208 g/mol. The van der Waals surface area contributed by atoms with Crippen LogP contribution in [0.3, 0.4) is 0 Å². The zero-order valence-electron chi connectivity index (χ0n) is 8.48. The maximum atomic E-state index is 10.1. The molecule has 5 N–H and O–H groups in total. The molecular formula is C11H16N2O2. The number of phenols is 1. The van der Waals surface area contributed by atoms with Crippen molar-refractivity contribution in [2.75, 3.05) is 18.8 Å². The Kier molecular flexibility index (Phi) is 2.79. The summed E-state index contributed by atoms with van der Waals surface area (Å²) >= 11 is 0. The average Bonchev–Trinajstić information content (AvgIpc) is 2.74. The molecule has 0 bridgehead atoms. The van der Waals surface area contributed by atoms with Gasteiger partial charge in [0.2, 0.25) is 0 Å². The minimum atomic E-state index is -0.591. The van der Waals surface area contributed by atoms with Crippen LogP contribution in [0, 0.1) is 5.92 Å². The number of nitrogens with one attached hydrogen (secondary N) is 1. The number of hydrogen-bond acceptors (Lipinski definition) is 4. The van der Waals surface area contributed by atoms with Crippen molar-refractivity contribution in [1.29, 1.82) is 0 Å². The summed E-state index contributed by atoms with van der Waals surface area (Å²) in [6, 6.07) is 4.99. The lowest BCUT2D eigenvalue weighted by atomic mass is 9.94. The zero-order chi connectivity index (χ0) is 10.8. The molecule has 0 aromatic heterocycles. The number of phenolic OH excluding ortho intramolecular Hbond substituents is 1. The first-order chi connectivity index (χ1) is 7.20. The lowest BCUT2D eigenvalue weighted by Gasteiger charge is -2.19. The van der Waals surface area contributed by atoms with Gasteiger partial charge in [0.1, 0.15) is 5.75 Å². The second kappa shape index (κ2) is 4.08. The molecule has 1 heterocycles. The second-order valence-corrected chi connectivity index (χ2v) is 3.98. The van der Waals surface area contributed by atoms with E-state index in [0.29, 0.717) is 5.56 Å². The Morgan fingerprint density at radius 3 is 2.93 bits per heavy atom. The van der Waals surface area contributed by atoms with Gasteiger partial charge in [-0.3, -0.25) is 0 Å². The van der Waals surface area contributed by atoms with Gasteiger partial charge < -0.3 is 21.3 Å². The molecule has 0 saturated carbocycles. The fraction of sp³-hybridized carbons (Fsp3) is 0.455. The molecule has 1 aliphatic heterocycles. The van der Waals surface area contributed by atoms with E-state index in [4.69, 9.17) is 5.73 Å². The fourth-order valence-electron chi connectivity index (χ4n) is 2.03. The van der Waals surface area contributed by atoms with Gasteiger partial charge in [0.25, 0.3) is 0 Å². The molecule has 0 radical (unpaired) electrons. The number of aliphatic hydroxyl groups is 1. The van der Waals surface area contributed by atoms with Gasteiger partial charge in [-0.1, -0.05) is 12.1 Å². The Hall–Kier alpha value is -1.26. The number of para-hydroxylation sites is 1. The topological polar surface area (TPSA) is 78.5 Å². The Balaban J connectivity index is 2.24. The number of benzene rings is 1. The van der Waals surface area contributed by atoms with E-state index in [-0.39, 0.29) is 17.4 Å². The highest BCUT2D eigenvalue weighted by atomic mass is 16.3. The van der Waals surface area contributed by atoms with E-state index in [9.17, 15) is 10.2 Å². The minimum absolute atomic E-state index is 0.0394. The highest BCUT2D eigenvalue weighted by Gasteiger charge is 2.26. The number of nitrogens with two attached hydrogens (primary N) is 1. The molecule has 1 fully saturated rings. The zero-order valence-corrected chi connectivity index (χ0v) is 8.48. The molecular weight excluding hydrogens is 192 g/mol. The summed E-state index contributed by atoms with van der Waals surface area (Å²) in [5.74, 6) is 0.228. The number of nitrogen functional groups attached to an aromatic ring is 1. The second-order valence-electron chi connectivity index (χ2n) is 3.98. The first-order valence-corrected chi connectivity index (χ1v) is 5.16. The van der Waals surface area contributed by atoms with Crippen LogP contribution in [0.2, 0.25) is 0 Å². The quantitative estimate of drug-likeness (QED) is 0.424. The van der Waals surface area contributed by atoms with Crippen molar-refractivity contribution >= 4 is 5.69 Å². The molecule has 2 atom stereocenters. The summed E-state index contributed by atoms with van der Waals surface area (Å²) in [5, 5.41) is 22.7. The molecule has 0 spiro atoms. The molecule has 15 heavy (non-hydrogen) atoms. The van der Waals surface area contributed by atoms with Crippen LogP contribution < -0.4 is 11.1 Å². The van der Waals surface area contributed by atoms with Crippen LogP contribution in [0.15, 0.2) is 18.2 Å². The molecule has 4 heteroatoms. The molecule has 1 aliphatic rings. The van der Waals surface area contributed by atoms with Gasteiger partial charge in [0, 0.05) is 18.0 Å². The first-order valence-electron chi connectivity index (χ1n) is 5.16. The van der Waals surface area contributed by atoms with E-state index >= 15 is 0 Å². The Morgan fingerprint density at radius 2 is 2.27 bits per heavy atom. The molecule has 1 aromatic carbocycles. The van der Waals surface area contributed by atoms with Gasteiger partial charge in [-0.05, 0) is 19.0 Å². The van der Waals surface area contributed by atoms with Crippen molar-refractivity contribution < 1.29 is 10.2 Å². The van der Waals surface area contributed by atoms with Crippen LogP contribution in [0.25, 0.3) is 0 Å². The normalized spacial score (nSPS) is 22.9. The van der Waals surface area contributed by atoms with E-state index in [0.717, 1.165) is 19.5 Å². The van der Waals surface area contributed by atoms with Crippen LogP contribution in [0.4, 0.5) is 5.69 Å². The van der Waals surface area contributed by atoms with Crippen LogP contribution in [-0.2, 0) is 0 Å². The molecule has 82 valence electrons. The smallest absolute Gasteiger partial charge is 0.138 e. The lowest BCUT2D eigenvalue weighted by Crippen LogP contribution is -2.17. The van der Waals surface area contributed by atoms with Crippen LogP contribution in [0.5, 0.6) is 5.75 Å². The Morgan fingerprint density at radius 1 is 1.47 bits per heavy atom. The Labute approximate surface area is 88.7 Å². The van der Waals surface area contributed by atoms with Gasteiger partial charge in [0.05, 0.1) is 11.8 Å². The predicted octanol–water partition coefficient (Wildman–Crippen LogP) is 0.617. The van der Waals surface area contributed by atoms with E-state index in [2.05, 4.69) is 5.32 Å². The fourth-order valence-corrected chi connectivity index (χ4v) is 2.03. The Bertz CT molecular complexity index is 348. The SMILES string of the molecule is Nc1c(O)cccc1C(O)C1CCNC1. The van der Waals surface area contributed by atoms with Crippen molar-refractivity contribution in [2.45, 2.75) is 12.5 Å². The van der Waals surface area contributed by atoms with Gasteiger partial charge >= 0.3 is 0 Å². The maximum Gasteiger partial charge on any atom is 0.138 e. The third-order valence-corrected chi connectivity index (χ3v) is 2.98. The summed E-state index contributed by atoms with van der Waals surface area (Å²) in [6.07, 6.45) is 0.350. The highest BCUT2D eigenvalue weighted by molar-refractivity contribution is 5.58. The standard InChI is InChI=1S/C11H16N2O2/c12-10-8(2-1-3-9(10)14)11(15)7-4-5-13-6-7/h1-3,7,11,13-15H,4-6,12H2. The number of rotatable bonds is 2.